The highest BCUT2D eigenvalue weighted by Crippen LogP contribution is 2.22. The third-order valence-electron chi connectivity index (χ3n) is 5.74. The Labute approximate surface area is 198 Å². The Bertz CT molecular complexity index is 881. The van der Waals surface area contributed by atoms with Gasteiger partial charge in [-0.2, -0.15) is 0 Å². The fourth-order valence-corrected chi connectivity index (χ4v) is 5.08. The van der Waals surface area contributed by atoms with Crippen molar-refractivity contribution in [3.8, 4) is 0 Å². The predicted octanol–water partition coefficient (Wildman–Crippen LogP) is 5.72. The Balaban J connectivity index is 1.70. The number of hydrogen-bond acceptors (Lipinski definition) is 3. The van der Waals surface area contributed by atoms with Gasteiger partial charge in [-0.1, -0.05) is 65.0 Å². The van der Waals surface area contributed by atoms with Crippen LogP contribution in [0.4, 0.5) is 0 Å². The van der Waals surface area contributed by atoms with Crippen molar-refractivity contribution < 1.29 is 9.59 Å². The maximum absolute atomic E-state index is 13.2. The van der Waals surface area contributed by atoms with Crippen molar-refractivity contribution in [2.75, 3.05) is 5.75 Å². The Hall–Kier alpha value is -1.79. The number of amides is 2. The highest BCUT2D eigenvalue weighted by atomic mass is 79.9. The summed E-state index contributed by atoms with van der Waals surface area (Å²) in [6.07, 6.45) is 5.62. The van der Waals surface area contributed by atoms with Crippen molar-refractivity contribution in [1.29, 1.82) is 0 Å². The zero-order chi connectivity index (χ0) is 22.2. The summed E-state index contributed by atoms with van der Waals surface area (Å²) in [5, 5.41) is 3.18. The Kier molecular flexibility index (Phi) is 9.02. The van der Waals surface area contributed by atoms with Crippen LogP contribution in [-0.4, -0.2) is 34.6 Å². The molecular weight excluding hydrogens is 472 g/mol. The van der Waals surface area contributed by atoms with Crippen LogP contribution in [0.1, 0.15) is 50.2 Å². The molecule has 2 amide bonds. The first kappa shape index (κ1) is 23.9. The van der Waals surface area contributed by atoms with E-state index in [9.17, 15) is 9.59 Å². The van der Waals surface area contributed by atoms with Crippen LogP contribution < -0.4 is 5.32 Å². The number of thioether (sulfide) groups is 1. The molecule has 0 aromatic heterocycles. The highest BCUT2D eigenvalue weighted by molar-refractivity contribution is 9.10. The van der Waals surface area contributed by atoms with Gasteiger partial charge in [-0.3, -0.25) is 9.59 Å². The summed E-state index contributed by atoms with van der Waals surface area (Å²) in [7, 11) is 0. The Morgan fingerprint density at radius 1 is 1.13 bits per heavy atom. The van der Waals surface area contributed by atoms with Gasteiger partial charge in [0.05, 0.1) is 5.75 Å². The fourth-order valence-electron chi connectivity index (χ4n) is 3.85. The molecule has 0 heterocycles. The number of benzene rings is 2. The highest BCUT2D eigenvalue weighted by Gasteiger charge is 2.28. The second-order valence-electron chi connectivity index (χ2n) is 8.27. The van der Waals surface area contributed by atoms with Gasteiger partial charge in [0.2, 0.25) is 11.8 Å². The van der Waals surface area contributed by atoms with Crippen LogP contribution in [0.5, 0.6) is 0 Å². The number of hydrogen-bond donors (Lipinski definition) is 1. The van der Waals surface area contributed by atoms with Crippen LogP contribution in [0.2, 0.25) is 0 Å². The molecule has 1 aliphatic rings. The summed E-state index contributed by atoms with van der Waals surface area (Å²) in [5.41, 5.74) is 2.19. The molecule has 3 rings (SSSR count). The van der Waals surface area contributed by atoms with Crippen LogP contribution in [0.25, 0.3) is 0 Å². The van der Waals surface area contributed by atoms with Gasteiger partial charge in [-0.15, -0.1) is 11.8 Å². The zero-order valence-electron chi connectivity index (χ0n) is 18.3. The molecule has 2 aromatic carbocycles. The molecule has 31 heavy (non-hydrogen) atoms. The molecule has 6 heteroatoms. The molecule has 0 radical (unpaired) electrons. The maximum atomic E-state index is 13.2. The van der Waals surface area contributed by atoms with E-state index >= 15 is 0 Å². The summed E-state index contributed by atoms with van der Waals surface area (Å²) < 4.78 is 0.964. The number of nitrogens with zero attached hydrogens (tertiary/aromatic N) is 1. The van der Waals surface area contributed by atoms with Crippen molar-refractivity contribution in [3.63, 3.8) is 0 Å². The van der Waals surface area contributed by atoms with E-state index in [1.165, 1.54) is 23.7 Å². The van der Waals surface area contributed by atoms with Gasteiger partial charge < -0.3 is 10.2 Å². The molecule has 1 N–H and O–H groups in total. The van der Waals surface area contributed by atoms with Gasteiger partial charge in [-0.05, 0) is 56.5 Å². The summed E-state index contributed by atoms with van der Waals surface area (Å²) in [4.78, 5) is 29.0. The average Bonchev–Trinajstić information content (AvgIpc) is 2.77. The van der Waals surface area contributed by atoms with Crippen molar-refractivity contribution in [2.45, 2.75) is 69.5 Å². The normalized spacial score (nSPS) is 15.3. The van der Waals surface area contributed by atoms with E-state index in [1.807, 2.05) is 62.4 Å². The minimum atomic E-state index is -0.521. The smallest absolute Gasteiger partial charge is 0.242 e. The quantitative estimate of drug-likeness (QED) is 0.469. The molecule has 166 valence electrons. The number of aryl methyl sites for hydroxylation is 1. The lowest BCUT2D eigenvalue weighted by atomic mass is 9.95. The third-order valence-corrected chi connectivity index (χ3v) is 7.23. The minimum Gasteiger partial charge on any atom is -0.352 e. The monoisotopic (exact) mass is 502 g/mol. The molecule has 1 atom stereocenters. The molecule has 0 unspecified atom stereocenters. The van der Waals surface area contributed by atoms with Crippen molar-refractivity contribution in [1.82, 2.24) is 10.2 Å². The van der Waals surface area contributed by atoms with Crippen LogP contribution >= 0.6 is 27.7 Å². The summed E-state index contributed by atoms with van der Waals surface area (Å²) >= 11 is 5.01. The van der Waals surface area contributed by atoms with Gasteiger partial charge >= 0.3 is 0 Å². The largest absolute Gasteiger partial charge is 0.352 e. The molecule has 0 saturated heterocycles. The van der Waals surface area contributed by atoms with E-state index in [0.29, 0.717) is 12.3 Å². The van der Waals surface area contributed by atoms with E-state index in [4.69, 9.17) is 0 Å². The standard InChI is InChI=1S/C25H31BrN2O2S/c1-18-11-13-23(14-12-18)31-17-24(29)28(16-20-7-6-8-21(26)15-20)19(2)25(30)27-22-9-4-3-5-10-22/h6-8,11-15,19,22H,3-5,9-10,16-17H2,1-2H3,(H,27,30)/t19-/m0/s1. The average molecular weight is 504 g/mol. The van der Waals surface area contributed by atoms with Gasteiger partial charge in [0, 0.05) is 22.0 Å². The van der Waals surface area contributed by atoms with Crippen LogP contribution in [0.15, 0.2) is 57.9 Å². The third kappa shape index (κ3) is 7.39. The van der Waals surface area contributed by atoms with E-state index < -0.39 is 6.04 Å². The summed E-state index contributed by atoms with van der Waals surface area (Å²) in [6, 6.07) is 15.8. The second kappa shape index (κ2) is 11.7. The Morgan fingerprint density at radius 3 is 2.52 bits per heavy atom. The lowest BCUT2D eigenvalue weighted by molar-refractivity contribution is -0.139. The van der Waals surface area contributed by atoms with Gasteiger partial charge in [0.15, 0.2) is 0 Å². The van der Waals surface area contributed by atoms with E-state index in [2.05, 4.69) is 21.2 Å². The van der Waals surface area contributed by atoms with Crippen LogP contribution in [0.3, 0.4) is 0 Å². The maximum Gasteiger partial charge on any atom is 0.242 e. The SMILES string of the molecule is Cc1ccc(SCC(=O)N(Cc2cccc(Br)c2)[C@@H](C)C(=O)NC2CCCCC2)cc1. The molecule has 1 saturated carbocycles. The summed E-state index contributed by atoms with van der Waals surface area (Å²) in [6.45, 7) is 4.29. The topological polar surface area (TPSA) is 49.4 Å². The second-order valence-corrected chi connectivity index (χ2v) is 10.2. The molecule has 4 nitrogen and oxygen atoms in total. The summed E-state index contributed by atoms with van der Waals surface area (Å²) in [5.74, 6) is 0.213. The first-order valence-corrected chi connectivity index (χ1v) is 12.7. The van der Waals surface area contributed by atoms with Crippen molar-refractivity contribution in [2.24, 2.45) is 0 Å². The Morgan fingerprint density at radius 2 is 1.84 bits per heavy atom. The predicted molar refractivity (Wildman–Crippen MR) is 131 cm³/mol. The molecular formula is C25H31BrN2O2S. The van der Waals surface area contributed by atoms with Crippen molar-refractivity contribution in [3.05, 3.63) is 64.1 Å². The number of halogens is 1. The lowest BCUT2D eigenvalue weighted by Gasteiger charge is -2.31. The van der Waals surface area contributed by atoms with Crippen LogP contribution in [-0.2, 0) is 16.1 Å². The fraction of sp³-hybridized carbons (Fsp3) is 0.440. The van der Waals surface area contributed by atoms with E-state index in [1.54, 1.807) is 4.90 Å². The number of carbonyl (C=O) groups is 2. The molecule has 1 aliphatic carbocycles. The van der Waals surface area contributed by atoms with Gasteiger partial charge in [-0.25, -0.2) is 0 Å². The van der Waals surface area contributed by atoms with Gasteiger partial charge in [0.1, 0.15) is 6.04 Å². The zero-order valence-corrected chi connectivity index (χ0v) is 20.7. The molecule has 1 fully saturated rings. The van der Waals surface area contributed by atoms with E-state index in [0.717, 1.165) is 40.6 Å². The molecule has 0 spiro atoms. The minimum absolute atomic E-state index is 0.0307. The van der Waals surface area contributed by atoms with Crippen molar-refractivity contribution >= 4 is 39.5 Å². The number of carbonyl (C=O) groups excluding carboxylic acids is 2. The molecule has 0 aliphatic heterocycles. The first-order valence-electron chi connectivity index (χ1n) is 11.0. The van der Waals surface area contributed by atoms with Crippen LogP contribution in [0, 0.1) is 6.92 Å². The van der Waals surface area contributed by atoms with E-state index in [-0.39, 0.29) is 17.9 Å². The molecule has 0 bridgehead atoms. The first-order chi connectivity index (χ1) is 14.9. The van der Waals surface area contributed by atoms with Gasteiger partial charge in [0.25, 0.3) is 0 Å². The number of rotatable bonds is 8. The number of nitrogens with one attached hydrogen (secondary N) is 1. The molecule has 2 aromatic rings. The lowest BCUT2D eigenvalue weighted by Crippen LogP contribution is -2.50.